The minimum atomic E-state index is 0.221. The average molecular weight is 797 g/mol. The molecule has 0 amide bonds. The Morgan fingerprint density at radius 3 is 1.74 bits per heavy atom. The van der Waals surface area contributed by atoms with Crippen molar-refractivity contribution in [2.45, 2.75) is 24.8 Å². The Labute approximate surface area is 362 Å². The lowest BCUT2D eigenvalue weighted by Gasteiger charge is -2.30. The van der Waals surface area contributed by atoms with Crippen LogP contribution in [0.4, 0.5) is 45.5 Å². The van der Waals surface area contributed by atoms with Crippen LogP contribution in [0, 0.1) is 0 Å². The first-order valence-electron chi connectivity index (χ1n) is 21.7. The molecule has 0 spiro atoms. The van der Waals surface area contributed by atoms with Gasteiger partial charge in [0, 0.05) is 67.3 Å². The van der Waals surface area contributed by atoms with E-state index in [4.69, 9.17) is 0 Å². The molecule has 0 radical (unpaired) electrons. The van der Waals surface area contributed by atoms with Crippen molar-refractivity contribution in [3.05, 3.63) is 236 Å². The fourth-order valence-corrected chi connectivity index (χ4v) is 10.2. The molecule has 0 saturated carbocycles. The monoisotopic (exact) mass is 796 g/mol. The van der Waals surface area contributed by atoms with E-state index in [0.29, 0.717) is 0 Å². The summed E-state index contributed by atoms with van der Waals surface area (Å²) in [5.74, 6) is 0.244. The molecule has 2 atom stereocenters. The van der Waals surface area contributed by atoms with Crippen LogP contribution >= 0.6 is 0 Å². The maximum absolute atomic E-state index is 2.50. The van der Waals surface area contributed by atoms with Crippen LogP contribution in [0.2, 0.25) is 0 Å². The van der Waals surface area contributed by atoms with Gasteiger partial charge in [-0.05, 0) is 115 Å². The highest BCUT2D eigenvalue weighted by Gasteiger charge is 2.38. The summed E-state index contributed by atoms with van der Waals surface area (Å²) in [5, 5.41) is 4.86. The molecule has 9 aromatic rings. The second-order valence-corrected chi connectivity index (χ2v) is 16.4. The molecule has 0 N–H and O–H groups in total. The molecule has 2 heterocycles. The van der Waals surface area contributed by atoms with Crippen molar-refractivity contribution < 1.29 is 0 Å². The summed E-state index contributed by atoms with van der Waals surface area (Å²) in [6, 6.07) is 69.1. The summed E-state index contributed by atoms with van der Waals surface area (Å²) >= 11 is 0. The van der Waals surface area contributed by atoms with E-state index in [2.05, 4.69) is 250 Å². The Balaban J connectivity index is 1.03. The molecular formula is C58H44N4. The van der Waals surface area contributed by atoms with E-state index in [1.807, 2.05) is 0 Å². The number of benzene rings is 8. The van der Waals surface area contributed by atoms with Gasteiger partial charge in [0.1, 0.15) is 0 Å². The summed E-state index contributed by atoms with van der Waals surface area (Å²) in [5.41, 5.74) is 14.3. The Hall–Kier alpha value is -7.82. The van der Waals surface area contributed by atoms with Crippen molar-refractivity contribution in [3.63, 3.8) is 0 Å². The van der Waals surface area contributed by atoms with Gasteiger partial charge in [-0.15, -0.1) is 0 Å². The van der Waals surface area contributed by atoms with Gasteiger partial charge in [-0.2, -0.15) is 0 Å². The van der Waals surface area contributed by atoms with Gasteiger partial charge < -0.3 is 19.3 Å². The summed E-state index contributed by atoms with van der Waals surface area (Å²) in [6.45, 7) is 0. The van der Waals surface area contributed by atoms with E-state index in [1.165, 1.54) is 55.2 Å². The number of hydrogen-bond acceptors (Lipinski definition) is 3. The highest BCUT2D eigenvalue weighted by Crippen LogP contribution is 2.51. The van der Waals surface area contributed by atoms with E-state index in [9.17, 15) is 0 Å². The molecule has 8 aromatic carbocycles. The Kier molecular flexibility index (Phi) is 8.74. The summed E-state index contributed by atoms with van der Waals surface area (Å²) in [6.07, 6.45) is 17.9. The third-order valence-electron chi connectivity index (χ3n) is 12.9. The Morgan fingerprint density at radius 2 is 1.05 bits per heavy atom. The third kappa shape index (κ3) is 5.90. The first-order valence-corrected chi connectivity index (χ1v) is 21.7. The molecular weight excluding hydrogens is 753 g/mol. The molecule has 1 aromatic heterocycles. The molecule has 0 bridgehead atoms. The van der Waals surface area contributed by atoms with Crippen LogP contribution < -0.4 is 14.7 Å². The maximum atomic E-state index is 2.50. The maximum Gasteiger partial charge on any atom is 0.0629 e. The Bertz CT molecular complexity index is 3270. The lowest BCUT2D eigenvalue weighted by Crippen LogP contribution is -2.28. The lowest BCUT2D eigenvalue weighted by molar-refractivity contribution is 0.745. The highest BCUT2D eigenvalue weighted by molar-refractivity contribution is 6.12. The number of allylic oxidation sites excluding steroid dienone is 6. The predicted molar refractivity (Wildman–Crippen MR) is 262 cm³/mol. The van der Waals surface area contributed by atoms with Crippen LogP contribution in [0.15, 0.2) is 231 Å². The van der Waals surface area contributed by atoms with Crippen molar-refractivity contribution in [2.24, 2.45) is 0 Å². The molecule has 2 aliphatic carbocycles. The van der Waals surface area contributed by atoms with Crippen LogP contribution in [0.5, 0.6) is 0 Å². The molecule has 0 fully saturated rings. The van der Waals surface area contributed by atoms with Gasteiger partial charge in [-0.3, -0.25) is 0 Å². The van der Waals surface area contributed by atoms with Gasteiger partial charge in [-0.25, -0.2) is 0 Å². The summed E-state index contributed by atoms with van der Waals surface area (Å²) in [7, 11) is 0. The smallest absolute Gasteiger partial charge is 0.0629 e. The fraction of sp³-hybridized carbons (Fsp3) is 0.0690. The molecule has 62 heavy (non-hydrogen) atoms. The number of anilines is 8. The number of hydrogen-bond donors (Lipinski definition) is 0. The minimum absolute atomic E-state index is 0.221. The quantitative estimate of drug-likeness (QED) is 0.152. The molecule has 0 saturated heterocycles. The topological polar surface area (TPSA) is 14.7 Å². The lowest BCUT2D eigenvalue weighted by atomic mass is 9.91. The average Bonchev–Trinajstić information content (AvgIpc) is 3.85. The summed E-state index contributed by atoms with van der Waals surface area (Å²) in [4.78, 5) is 7.38. The largest absolute Gasteiger partial charge is 0.333 e. The van der Waals surface area contributed by atoms with Crippen LogP contribution in [0.1, 0.15) is 24.3 Å². The zero-order valence-electron chi connectivity index (χ0n) is 34.3. The number of fused-ring (bicyclic) bond motifs is 7. The first kappa shape index (κ1) is 36.1. The van der Waals surface area contributed by atoms with Crippen molar-refractivity contribution in [2.75, 3.05) is 14.7 Å². The van der Waals surface area contributed by atoms with Gasteiger partial charge in [0.25, 0.3) is 0 Å². The molecule has 296 valence electrons. The summed E-state index contributed by atoms with van der Waals surface area (Å²) < 4.78 is 2.47. The number of rotatable bonds is 8. The zero-order valence-corrected chi connectivity index (χ0v) is 34.3. The van der Waals surface area contributed by atoms with E-state index < -0.39 is 0 Å². The Morgan fingerprint density at radius 1 is 0.452 bits per heavy atom. The standard InChI is InChI=1S/C58H44N4/c1-5-19-41(20-6-1)59(45-35-37-57-51(39-45)49-27-13-15-31-55(49)61(57)43-23-9-3-10-24-43)53-33-17-30-48-47(53)29-18-34-54(48)60(42-21-7-2-8-22-42)46-36-38-58-52(40-46)50-28-14-16-32-56(50)62(58)44-25-11-4-12-26-44/h1-11,13-25,27-40,49,55H,12,26H2. The van der Waals surface area contributed by atoms with Crippen LogP contribution in [-0.4, -0.2) is 10.6 Å². The number of nitrogens with zero attached hydrogens (tertiary/aromatic N) is 4. The van der Waals surface area contributed by atoms with Crippen LogP contribution in [-0.2, 0) is 0 Å². The molecule has 1 aliphatic heterocycles. The van der Waals surface area contributed by atoms with Gasteiger partial charge in [0.05, 0.1) is 28.5 Å². The normalized spacial score (nSPS) is 16.5. The van der Waals surface area contributed by atoms with Crippen LogP contribution in [0.3, 0.4) is 0 Å². The van der Waals surface area contributed by atoms with Gasteiger partial charge in [0.2, 0.25) is 0 Å². The second-order valence-electron chi connectivity index (χ2n) is 16.4. The van der Waals surface area contributed by atoms with E-state index in [-0.39, 0.29) is 12.0 Å². The van der Waals surface area contributed by atoms with Gasteiger partial charge in [-0.1, -0.05) is 134 Å². The highest BCUT2D eigenvalue weighted by atomic mass is 15.2. The molecule has 4 heteroatoms. The van der Waals surface area contributed by atoms with Gasteiger partial charge in [0.15, 0.2) is 0 Å². The molecule has 3 aliphatic rings. The van der Waals surface area contributed by atoms with Gasteiger partial charge >= 0.3 is 0 Å². The number of aromatic nitrogens is 1. The van der Waals surface area contributed by atoms with Crippen LogP contribution in [0.25, 0.3) is 38.3 Å². The molecule has 4 nitrogen and oxygen atoms in total. The van der Waals surface area contributed by atoms with Crippen molar-refractivity contribution >= 4 is 83.8 Å². The first-order chi connectivity index (χ1) is 30.8. The second kappa shape index (κ2) is 15.0. The number of para-hydroxylation sites is 4. The zero-order chi connectivity index (χ0) is 41.0. The third-order valence-corrected chi connectivity index (χ3v) is 12.9. The molecule has 12 rings (SSSR count). The van der Waals surface area contributed by atoms with E-state index in [0.717, 1.165) is 47.0 Å². The van der Waals surface area contributed by atoms with Crippen molar-refractivity contribution in [3.8, 4) is 0 Å². The van der Waals surface area contributed by atoms with E-state index >= 15 is 0 Å². The van der Waals surface area contributed by atoms with Crippen molar-refractivity contribution in [1.82, 2.24) is 4.57 Å². The van der Waals surface area contributed by atoms with E-state index in [1.54, 1.807) is 0 Å². The van der Waals surface area contributed by atoms with Crippen molar-refractivity contribution in [1.29, 1.82) is 0 Å². The SMILES string of the molecule is C1=CCCC(n2c3ccccc3c3cc(N(c4ccccc4)c4cccc5c(N(c6ccccc6)c6ccc7c(c6)C6C=CC=CC6N7c6ccccc6)cccc45)ccc32)=C1. The predicted octanol–water partition coefficient (Wildman–Crippen LogP) is 15.8. The molecule has 2 unspecified atom stereocenters. The fourth-order valence-electron chi connectivity index (χ4n) is 10.2. The minimum Gasteiger partial charge on any atom is -0.333 e.